The maximum Gasteiger partial charge on any atom is -0.0200 e. The van der Waals surface area contributed by atoms with Crippen LogP contribution < -0.4 is 0 Å². The lowest BCUT2D eigenvalue weighted by Crippen LogP contribution is -2.23. The first-order valence-corrected chi connectivity index (χ1v) is 5.90. The van der Waals surface area contributed by atoms with Crippen LogP contribution in [0, 0.1) is 29.6 Å². The summed E-state index contributed by atoms with van der Waals surface area (Å²) in [7, 11) is 0. The third-order valence-corrected chi connectivity index (χ3v) is 4.57. The molecule has 0 nitrogen and oxygen atoms in total. The van der Waals surface area contributed by atoms with E-state index < -0.39 is 0 Å². The predicted octanol–water partition coefficient (Wildman–Crippen LogP) is 3.88. The fourth-order valence-electron chi connectivity index (χ4n) is 3.53. The first-order chi connectivity index (χ1) is 6.24. The van der Waals surface area contributed by atoms with E-state index in [9.17, 15) is 0 Å². The van der Waals surface area contributed by atoms with E-state index in [0.717, 1.165) is 29.6 Å². The molecule has 2 rings (SSSR count). The Hall–Kier alpha value is -0.260. The lowest BCUT2D eigenvalue weighted by atomic mass is 9.75. The van der Waals surface area contributed by atoms with Gasteiger partial charge in [-0.3, -0.25) is 0 Å². The van der Waals surface area contributed by atoms with Gasteiger partial charge in [0.15, 0.2) is 0 Å². The van der Waals surface area contributed by atoms with Crippen LogP contribution in [0.2, 0.25) is 0 Å². The second-order valence-corrected chi connectivity index (χ2v) is 5.11. The molecule has 0 aliphatic heterocycles. The Morgan fingerprint density at radius 2 is 1.92 bits per heavy atom. The molecule has 0 N–H and O–H groups in total. The van der Waals surface area contributed by atoms with Crippen molar-refractivity contribution in [1.29, 1.82) is 0 Å². The van der Waals surface area contributed by atoms with Gasteiger partial charge in [0.2, 0.25) is 0 Å². The summed E-state index contributed by atoms with van der Waals surface area (Å²) in [4.78, 5) is 0. The highest BCUT2D eigenvalue weighted by Gasteiger charge is 2.47. The fraction of sp³-hybridized carbons (Fsp3) is 0.846. The summed E-state index contributed by atoms with van der Waals surface area (Å²) in [5, 5.41) is 0. The van der Waals surface area contributed by atoms with Crippen LogP contribution in [0.25, 0.3) is 0 Å². The molecule has 2 saturated carbocycles. The van der Waals surface area contributed by atoms with Crippen molar-refractivity contribution in [1.82, 2.24) is 0 Å². The fourth-order valence-corrected chi connectivity index (χ4v) is 3.53. The first-order valence-electron chi connectivity index (χ1n) is 5.90. The molecule has 0 amide bonds. The molecule has 74 valence electrons. The molecule has 2 bridgehead atoms. The molecule has 0 radical (unpaired) electrons. The topological polar surface area (TPSA) is 0 Å². The van der Waals surface area contributed by atoms with Crippen molar-refractivity contribution >= 4 is 0 Å². The maximum atomic E-state index is 2.49. The third kappa shape index (κ3) is 1.45. The molecule has 0 heteroatoms. The van der Waals surface area contributed by atoms with Crippen LogP contribution in [0.5, 0.6) is 0 Å². The summed E-state index contributed by atoms with van der Waals surface area (Å²) in [5.74, 6) is 4.96. The van der Waals surface area contributed by atoms with Crippen LogP contribution in [0.3, 0.4) is 0 Å². The molecular formula is C13H22. The van der Waals surface area contributed by atoms with Gasteiger partial charge < -0.3 is 0 Å². The molecular weight excluding hydrogens is 156 g/mol. The van der Waals surface area contributed by atoms with Gasteiger partial charge in [0.25, 0.3) is 0 Å². The molecule has 0 aromatic carbocycles. The molecule has 0 heterocycles. The minimum atomic E-state index is 0.927. The maximum absolute atomic E-state index is 2.49. The van der Waals surface area contributed by atoms with E-state index in [-0.39, 0.29) is 0 Å². The monoisotopic (exact) mass is 178 g/mol. The molecule has 0 saturated heterocycles. The second kappa shape index (κ2) is 3.48. The van der Waals surface area contributed by atoms with Crippen molar-refractivity contribution < 1.29 is 0 Å². The molecule has 0 spiro atoms. The van der Waals surface area contributed by atoms with Crippen molar-refractivity contribution in [3.05, 3.63) is 12.2 Å². The minimum Gasteiger partial charge on any atom is -0.0885 e. The summed E-state index contributed by atoms with van der Waals surface area (Å²) in [6.07, 6.45) is 9.06. The van der Waals surface area contributed by atoms with E-state index in [2.05, 4.69) is 32.9 Å². The van der Waals surface area contributed by atoms with E-state index in [4.69, 9.17) is 0 Å². The van der Waals surface area contributed by atoms with E-state index >= 15 is 0 Å². The smallest absolute Gasteiger partial charge is 0.0200 e. The highest BCUT2D eigenvalue weighted by atomic mass is 14.5. The van der Waals surface area contributed by atoms with Gasteiger partial charge in [0.1, 0.15) is 0 Å². The Labute approximate surface area is 82.4 Å². The Morgan fingerprint density at radius 3 is 2.46 bits per heavy atom. The quantitative estimate of drug-likeness (QED) is 0.563. The van der Waals surface area contributed by atoms with Crippen molar-refractivity contribution in [2.24, 2.45) is 29.6 Å². The van der Waals surface area contributed by atoms with Gasteiger partial charge >= 0.3 is 0 Å². The molecule has 5 atom stereocenters. The van der Waals surface area contributed by atoms with Gasteiger partial charge in [-0.25, -0.2) is 0 Å². The first kappa shape index (κ1) is 9.30. The average Bonchev–Trinajstić information content (AvgIpc) is 2.64. The van der Waals surface area contributed by atoms with Gasteiger partial charge in [-0.15, -0.1) is 0 Å². The van der Waals surface area contributed by atoms with Crippen LogP contribution in [-0.4, -0.2) is 0 Å². The Kier molecular flexibility index (Phi) is 2.49. The average molecular weight is 178 g/mol. The highest BCUT2D eigenvalue weighted by molar-refractivity contribution is 5.04. The molecule has 5 unspecified atom stereocenters. The Bertz CT molecular complexity index is 202. The van der Waals surface area contributed by atoms with Crippen LogP contribution in [0.1, 0.15) is 40.0 Å². The lowest BCUT2D eigenvalue weighted by Gasteiger charge is -2.30. The van der Waals surface area contributed by atoms with Crippen LogP contribution in [0.4, 0.5) is 0 Å². The van der Waals surface area contributed by atoms with Crippen molar-refractivity contribution in [3.63, 3.8) is 0 Å². The van der Waals surface area contributed by atoms with Crippen molar-refractivity contribution in [2.75, 3.05) is 0 Å². The van der Waals surface area contributed by atoms with E-state index in [1.165, 1.54) is 19.3 Å². The number of allylic oxidation sites excluding steroid dienone is 2. The number of rotatable bonds is 2. The summed E-state index contributed by atoms with van der Waals surface area (Å²) < 4.78 is 0. The summed E-state index contributed by atoms with van der Waals surface area (Å²) in [6.45, 7) is 7.14. The Balaban J connectivity index is 2.02. The van der Waals surface area contributed by atoms with Crippen LogP contribution in [-0.2, 0) is 0 Å². The van der Waals surface area contributed by atoms with Gasteiger partial charge in [-0.05, 0) is 48.9 Å². The Morgan fingerprint density at radius 1 is 1.15 bits per heavy atom. The number of hydrogen-bond donors (Lipinski definition) is 0. The largest absolute Gasteiger partial charge is 0.0885 e. The zero-order valence-electron chi connectivity index (χ0n) is 9.16. The summed E-state index contributed by atoms with van der Waals surface area (Å²) >= 11 is 0. The van der Waals surface area contributed by atoms with Crippen molar-refractivity contribution in [2.45, 2.75) is 40.0 Å². The van der Waals surface area contributed by atoms with Crippen LogP contribution in [0.15, 0.2) is 12.2 Å². The van der Waals surface area contributed by atoms with E-state index in [1.807, 2.05) is 0 Å². The van der Waals surface area contributed by atoms with E-state index in [0.29, 0.717) is 0 Å². The molecule has 2 aliphatic carbocycles. The zero-order valence-corrected chi connectivity index (χ0v) is 9.16. The second-order valence-electron chi connectivity index (χ2n) is 5.11. The highest BCUT2D eigenvalue weighted by Crippen LogP contribution is 2.55. The van der Waals surface area contributed by atoms with Crippen LogP contribution >= 0.6 is 0 Å². The van der Waals surface area contributed by atoms with Gasteiger partial charge in [-0.2, -0.15) is 0 Å². The number of hydrogen-bond acceptors (Lipinski definition) is 0. The van der Waals surface area contributed by atoms with Crippen molar-refractivity contribution in [3.8, 4) is 0 Å². The molecule has 0 aromatic rings. The van der Waals surface area contributed by atoms with Gasteiger partial charge in [0, 0.05) is 0 Å². The zero-order chi connectivity index (χ0) is 9.42. The lowest BCUT2D eigenvalue weighted by molar-refractivity contribution is 0.218. The molecule has 2 fully saturated rings. The third-order valence-electron chi connectivity index (χ3n) is 4.57. The minimum absolute atomic E-state index is 0.927. The summed E-state index contributed by atoms with van der Waals surface area (Å²) in [5.41, 5.74) is 0. The van der Waals surface area contributed by atoms with Gasteiger partial charge in [0.05, 0.1) is 0 Å². The number of fused-ring (bicyclic) bond motifs is 2. The van der Waals surface area contributed by atoms with Gasteiger partial charge in [-0.1, -0.05) is 32.9 Å². The normalized spacial score (nSPS) is 49.3. The van der Waals surface area contributed by atoms with E-state index in [1.54, 1.807) is 0 Å². The molecule has 0 aromatic heterocycles. The molecule has 2 aliphatic rings. The standard InChI is InChI=1S/C13H22/c1-4-5-6-11-7-12-8-13(11)10(3)9(12)2/h5-6,9-13H,4,7-8H2,1-3H3/b6-5+. The molecule has 13 heavy (non-hydrogen) atoms. The summed E-state index contributed by atoms with van der Waals surface area (Å²) in [6, 6.07) is 0. The predicted molar refractivity (Wildman–Crippen MR) is 57.5 cm³/mol. The SMILES string of the molecule is CC/C=C/C1CC2CC1C(C)C2C.